The number of carbonyl (C=O) groups is 2. The molecule has 3 aliphatic heterocycles. The van der Waals surface area contributed by atoms with E-state index in [2.05, 4.69) is 20.1 Å². The summed E-state index contributed by atoms with van der Waals surface area (Å²) in [4.78, 5) is 45.7. The minimum absolute atomic E-state index is 0.145. The van der Waals surface area contributed by atoms with Crippen LogP contribution in [0, 0.1) is 0 Å². The van der Waals surface area contributed by atoms with Gasteiger partial charge >= 0.3 is 5.97 Å². The molecule has 0 radical (unpaired) electrons. The molecule has 3 aromatic heterocycles. The number of nitrogens with zero attached hydrogens (tertiary/aromatic N) is 6. The van der Waals surface area contributed by atoms with Gasteiger partial charge in [-0.3, -0.25) is 9.59 Å². The van der Waals surface area contributed by atoms with E-state index in [1.165, 1.54) is 0 Å². The topological polar surface area (TPSA) is 148 Å². The first kappa shape index (κ1) is 26.6. The summed E-state index contributed by atoms with van der Waals surface area (Å²) in [6.45, 7) is 6.45. The number of esters is 1. The largest absolute Gasteiger partial charge is 0.459 e. The van der Waals surface area contributed by atoms with Gasteiger partial charge in [0.15, 0.2) is 16.6 Å². The minimum Gasteiger partial charge on any atom is -0.459 e. The zero-order chi connectivity index (χ0) is 27.5. The van der Waals surface area contributed by atoms with E-state index in [-0.39, 0.29) is 24.2 Å². The van der Waals surface area contributed by atoms with Gasteiger partial charge in [-0.15, -0.1) is 0 Å². The van der Waals surface area contributed by atoms with Crippen LogP contribution >= 0.6 is 11.3 Å². The van der Waals surface area contributed by atoms with Crippen LogP contribution in [-0.4, -0.2) is 105 Å². The van der Waals surface area contributed by atoms with Crippen molar-refractivity contribution in [3.63, 3.8) is 0 Å². The molecule has 0 bridgehead atoms. The maximum atomic E-state index is 13.5. The molecule has 3 aliphatic rings. The van der Waals surface area contributed by atoms with Gasteiger partial charge < -0.3 is 40.0 Å². The van der Waals surface area contributed by atoms with E-state index in [0.717, 1.165) is 22.9 Å². The molecule has 1 atom stereocenters. The van der Waals surface area contributed by atoms with Crippen molar-refractivity contribution in [2.75, 3.05) is 92.3 Å². The summed E-state index contributed by atoms with van der Waals surface area (Å²) < 4.78 is 17.3. The monoisotopic (exact) mass is 568 g/mol. The molecule has 40 heavy (non-hydrogen) atoms. The molecule has 0 aliphatic carbocycles. The number of aromatic nitrogens is 3. The molecular formula is C26H32N8O5S. The third kappa shape index (κ3) is 5.80. The first-order valence-electron chi connectivity index (χ1n) is 13.5. The smallest absolute Gasteiger partial charge is 0.320 e. The molecular weight excluding hydrogens is 536 g/mol. The van der Waals surface area contributed by atoms with E-state index in [4.69, 9.17) is 29.9 Å². The number of rotatable bonds is 7. The van der Waals surface area contributed by atoms with Crippen molar-refractivity contribution in [3.8, 4) is 0 Å². The highest BCUT2D eigenvalue weighted by atomic mass is 32.1. The Labute approximate surface area is 235 Å². The molecule has 14 heteroatoms. The van der Waals surface area contributed by atoms with Gasteiger partial charge in [-0.25, -0.2) is 9.97 Å². The van der Waals surface area contributed by atoms with Gasteiger partial charge in [-0.2, -0.15) is 4.98 Å². The number of ether oxygens (including phenoxy) is 3. The summed E-state index contributed by atoms with van der Waals surface area (Å²) in [6, 6.07) is 7.29. The molecule has 1 unspecified atom stereocenters. The van der Waals surface area contributed by atoms with E-state index in [1.54, 1.807) is 23.5 Å². The highest BCUT2D eigenvalue weighted by molar-refractivity contribution is 7.22. The first-order valence-corrected chi connectivity index (χ1v) is 14.3. The van der Waals surface area contributed by atoms with E-state index < -0.39 is 5.97 Å². The second kappa shape index (κ2) is 11.9. The van der Waals surface area contributed by atoms with Crippen LogP contribution in [-0.2, 0) is 19.0 Å². The Morgan fingerprint density at radius 3 is 2.50 bits per heavy atom. The second-order valence-electron chi connectivity index (χ2n) is 9.76. The lowest BCUT2D eigenvalue weighted by molar-refractivity contribution is -0.146. The quantitative estimate of drug-likeness (QED) is 0.393. The number of nitrogens with one attached hydrogen (secondary N) is 1. The summed E-state index contributed by atoms with van der Waals surface area (Å²) in [5, 5.41) is 3.96. The Kier molecular flexibility index (Phi) is 7.91. The number of morpholine rings is 2. The number of nitrogens with two attached hydrogens (primary N) is 1. The molecule has 3 aromatic rings. The first-order chi connectivity index (χ1) is 19.6. The summed E-state index contributed by atoms with van der Waals surface area (Å²) in [5.74, 6) is 0.565. The van der Waals surface area contributed by atoms with E-state index in [0.29, 0.717) is 82.0 Å². The summed E-state index contributed by atoms with van der Waals surface area (Å²) in [6.07, 6.45) is 0.436. The zero-order valence-corrected chi connectivity index (χ0v) is 22.9. The van der Waals surface area contributed by atoms with Crippen molar-refractivity contribution < 1.29 is 23.8 Å². The molecule has 0 saturated carbocycles. The number of amides is 1. The molecule has 6 rings (SSSR count). The SMILES string of the molecule is NCC(=O)OC1CCN(c2cccc(C(=O)Nc3cc4sc(N5CCOCC5)nc4nc3N3CCOCC3)n2)C1. The fourth-order valence-electron chi connectivity index (χ4n) is 5.02. The molecule has 3 N–H and O–H groups in total. The number of fused-ring (bicyclic) bond motifs is 1. The van der Waals surface area contributed by atoms with Crippen LogP contribution in [0.1, 0.15) is 16.9 Å². The number of pyridine rings is 2. The minimum atomic E-state index is -0.424. The Hall–Kier alpha value is -3.59. The maximum Gasteiger partial charge on any atom is 0.320 e. The lowest BCUT2D eigenvalue weighted by Crippen LogP contribution is -2.37. The lowest BCUT2D eigenvalue weighted by Gasteiger charge is -2.29. The molecule has 13 nitrogen and oxygen atoms in total. The van der Waals surface area contributed by atoms with Crippen LogP contribution < -0.4 is 25.8 Å². The van der Waals surface area contributed by atoms with Crippen LogP contribution in [0.25, 0.3) is 10.3 Å². The van der Waals surface area contributed by atoms with Gasteiger partial charge in [-0.05, 0) is 18.2 Å². The van der Waals surface area contributed by atoms with Crippen LogP contribution in [0.5, 0.6) is 0 Å². The maximum absolute atomic E-state index is 13.5. The normalized spacial score (nSPS) is 19.7. The van der Waals surface area contributed by atoms with Crippen LogP contribution in [0.2, 0.25) is 0 Å². The predicted molar refractivity (Wildman–Crippen MR) is 151 cm³/mol. The van der Waals surface area contributed by atoms with Crippen LogP contribution in [0.3, 0.4) is 0 Å². The number of carbonyl (C=O) groups excluding carboxylic acids is 2. The van der Waals surface area contributed by atoms with Crippen molar-refractivity contribution in [1.29, 1.82) is 0 Å². The lowest BCUT2D eigenvalue weighted by atomic mass is 10.2. The zero-order valence-electron chi connectivity index (χ0n) is 22.1. The average molecular weight is 569 g/mol. The average Bonchev–Trinajstić information content (AvgIpc) is 3.64. The van der Waals surface area contributed by atoms with Crippen LogP contribution in [0.15, 0.2) is 24.3 Å². The van der Waals surface area contributed by atoms with Crippen molar-refractivity contribution in [2.24, 2.45) is 5.73 Å². The number of hydrogen-bond donors (Lipinski definition) is 2. The Balaban J connectivity index is 1.24. The Bertz CT molecular complexity index is 1370. The van der Waals surface area contributed by atoms with Crippen LogP contribution in [0.4, 0.5) is 22.5 Å². The number of hydrogen-bond acceptors (Lipinski definition) is 13. The molecule has 3 saturated heterocycles. The highest BCUT2D eigenvalue weighted by Gasteiger charge is 2.27. The summed E-state index contributed by atoms with van der Waals surface area (Å²) >= 11 is 1.56. The van der Waals surface area contributed by atoms with Gasteiger partial charge in [0, 0.05) is 39.1 Å². The molecule has 3 fully saturated rings. The fraction of sp³-hybridized carbons (Fsp3) is 0.500. The number of anilines is 4. The third-order valence-electron chi connectivity index (χ3n) is 7.09. The summed E-state index contributed by atoms with van der Waals surface area (Å²) in [7, 11) is 0. The standard InChI is InChI=1S/C26H32N8O5S/c27-15-22(35)39-17-4-5-34(16-17)21-3-1-2-18(28-21)25(36)29-19-14-20-23(30-24(19)32-6-10-37-11-7-32)31-26(40-20)33-8-12-38-13-9-33/h1-3,14,17H,4-13,15-16,27H2,(H,29,36). The van der Waals surface area contributed by atoms with Gasteiger partial charge in [0.25, 0.3) is 5.91 Å². The number of thiazole rings is 1. The van der Waals surface area contributed by atoms with Gasteiger partial charge in [0.1, 0.15) is 17.6 Å². The van der Waals surface area contributed by atoms with Crippen molar-refractivity contribution in [2.45, 2.75) is 12.5 Å². The van der Waals surface area contributed by atoms with Gasteiger partial charge in [0.2, 0.25) is 0 Å². The van der Waals surface area contributed by atoms with E-state index in [9.17, 15) is 9.59 Å². The Morgan fingerprint density at radius 2 is 1.75 bits per heavy atom. The molecule has 0 spiro atoms. The van der Waals surface area contributed by atoms with Crippen molar-refractivity contribution in [3.05, 3.63) is 30.0 Å². The molecule has 6 heterocycles. The molecule has 0 aromatic carbocycles. The third-order valence-corrected chi connectivity index (χ3v) is 8.14. The van der Waals surface area contributed by atoms with Gasteiger partial charge in [-0.1, -0.05) is 17.4 Å². The van der Waals surface area contributed by atoms with Gasteiger partial charge in [0.05, 0.1) is 49.9 Å². The van der Waals surface area contributed by atoms with E-state index in [1.807, 2.05) is 17.0 Å². The molecule has 1 amide bonds. The van der Waals surface area contributed by atoms with Crippen molar-refractivity contribution in [1.82, 2.24) is 15.0 Å². The second-order valence-corrected chi connectivity index (χ2v) is 10.8. The molecule has 212 valence electrons. The fourth-order valence-corrected chi connectivity index (χ4v) is 6.02. The summed E-state index contributed by atoms with van der Waals surface area (Å²) in [5.41, 5.74) is 6.92. The Morgan fingerprint density at radius 1 is 1.00 bits per heavy atom. The van der Waals surface area contributed by atoms with Crippen molar-refractivity contribution >= 4 is 56.0 Å². The highest BCUT2D eigenvalue weighted by Crippen LogP contribution is 2.35. The van der Waals surface area contributed by atoms with E-state index >= 15 is 0 Å². The predicted octanol–water partition coefficient (Wildman–Crippen LogP) is 1.09.